The molecule has 0 unspecified atom stereocenters. The number of nitrogens with zero attached hydrogens (tertiary/aromatic N) is 2. The monoisotopic (exact) mass is 463 g/mol. The first kappa shape index (κ1) is 24.1. The highest BCUT2D eigenvalue weighted by molar-refractivity contribution is 7.90. The number of rotatable bonds is 2. The molecule has 9 nitrogen and oxygen atoms in total. The summed E-state index contributed by atoms with van der Waals surface area (Å²) in [4.78, 5) is 7.11. The number of benzene rings is 2. The van der Waals surface area contributed by atoms with Gasteiger partial charge in [-0.3, -0.25) is 0 Å². The van der Waals surface area contributed by atoms with Crippen molar-refractivity contribution in [2.45, 2.75) is 18.2 Å². The lowest BCUT2D eigenvalue weighted by atomic mass is 10.0. The average Bonchev–Trinajstić information content (AvgIpc) is 2.99. The van der Waals surface area contributed by atoms with Crippen molar-refractivity contribution in [2.75, 3.05) is 18.6 Å². The van der Waals surface area contributed by atoms with Gasteiger partial charge in [-0.2, -0.15) is 12.8 Å². The predicted molar refractivity (Wildman–Crippen MR) is 118 cm³/mol. The first-order valence-corrected chi connectivity index (χ1v) is 10.8. The molecule has 2 aromatic carbocycles. The van der Waals surface area contributed by atoms with E-state index in [1.54, 1.807) is 12.1 Å². The summed E-state index contributed by atoms with van der Waals surface area (Å²) in [5, 5.41) is 18.6. The summed E-state index contributed by atoms with van der Waals surface area (Å²) in [7, 11) is -2.68. The molecule has 0 radical (unpaired) electrons. The lowest BCUT2D eigenvalue weighted by molar-refractivity contribution is -0.346. The number of hydrogen-bond acceptors (Lipinski definition) is 7. The van der Waals surface area contributed by atoms with Gasteiger partial charge >= 0.3 is 5.95 Å². The number of nitrogens with one attached hydrogen (secondary N) is 1. The molecule has 11 heteroatoms. The van der Waals surface area contributed by atoms with Crippen LogP contribution in [-0.4, -0.2) is 31.5 Å². The van der Waals surface area contributed by atoms with Gasteiger partial charge in [0.05, 0.1) is 10.5 Å². The number of H-pyrrole nitrogens is 1. The third kappa shape index (κ3) is 5.48. The number of aliphatic hydroxyl groups excluding tert-OH is 1. The lowest BCUT2D eigenvalue weighted by Gasteiger charge is -2.07. The highest BCUT2D eigenvalue weighted by Crippen LogP contribution is 2.28. The number of aromatic nitrogens is 2. The molecule has 2 heterocycles. The van der Waals surface area contributed by atoms with E-state index in [9.17, 15) is 13.5 Å². The Morgan fingerprint density at radius 3 is 2.29 bits per heavy atom. The van der Waals surface area contributed by atoms with Crippen LogP contribution in [0.25, 0.3) is 11.1 Å². The maximum Gasteiger partial charge on any atom is 0.342 e. The number of aliphatic hydroxyl groups is 1. The van der Waals surface area contributed by atoms with Crippen molar-refractivity contribution >= 4 is 39.3 Å². The van der Waals surface area contributed by atoms with Gasteiger partial charge in [-0.1, -0.05) is 48.9 Å². The van der Waals surface area contributed by atoms with Crippen LogP contribution in [0, 0.1) is 0 Å². The van der Waals surface area contributed by atoms with Crippen LogP contribution in [0.1, 0.15) is 18.2 Å². The van der Waals surface area contributed by atoms with Gasteiger partial charge in [0.25, 0.3) is 10.0 Å². The van der Waals surface area contributed by atoms with Crippen LogP contribution < -0.4 is 21.6 Å². The normalized spacial score (nSPS) is 13.1. The number of anilines is 2. The average molecular weight is 464 g/mol. The Balaban J connectivity index is 0.000000214. The molecule has 0 spiro atoms. The van der Waals surface area contributed by atoms with Crippen molar-refractivity contribution in [1.29, 1.82) is 0 Å². The minimum atomic E-state index is -3.68. The maximum atomic E-state index is 11.1. The molecule has 6 N–H and O–H groups in total. The number of hydrogen-bond donors (Lipinski definition) is 3. The fourth-order valence-electron chi connectivity index (χ4n) is 2.86. The number of fused-ring (bicyclic) bond motifs is 1. The second-order valence-electron chi connectivity index (χ2n) is 6.09. The summed E-state index contributed by atoms with van der Waals surface area (Å²) in [5.74, 6) is 0.180. The third-order valence-electron chi connectivity index (χ3n) is 4.14. The summed E-state index contributed by atoms with van der Waals surface area (Å²) in [6, 6.07) is 13.5. The Hall–Kier alpha value is -3.21. The molecule has 0 aliphatic carbocycles. The Morgan fingerprint density at radius 1 is 1.10 bits per heavy atom. The molecule has 1 aliphatic heterocycles. The molecule has 31 heavy (non-hydrogen) atoms. The molecule has 164 valence electrons. The van der Waals surface area contributed by atoms with E-state index in [0.717, 1.165) is 30.4 Å². The number of nitrogens with two attached hydrogens (primary N) is 2. The van der Waals surface area contributed by atoms with Crippen molar-refractivity contribution in [2.24, 2.45) is 4.40 Å². The highest BCUT2D eigenvalue weighted by atomic mass is 35.5. The van der Waals surface area contributed by atoms with E-state index in [1.165, 1.54) is 12.1 Å². The first-order valence-electron chi connectivity index (χ1n) is 9.02. The van der Waals surface area contributed by atoms with Crippen LogP contribution in [0.2, 0.25) is 5.02 Å². The number of aromatic amines is 1. The molecular weight excluding hydrogens is 442 g/mol. The van der Waals surface area contributed by atoms with Gasteiger partial charge in [-0.15, -0.1) is 4.98 Å². The molecule has 0 atom stereocenters. The standard InChI is InChI=1S/C12H13ClN4.C7H5NO3S.CH4O/c1-2-9-10(11(14)17-12(15)16-9)7-3-5-8(13)6-4-7;9-7-5-3-1-2-4-6(5)12(10,11)8-7;1-2/h3-6H,2H2,1H3,(H4,14,15,16,17);1-4H,(H,8,9);2H,1H3. The minimum absolute atomic E-state index is 0.00926. The quantitative estimate of drug-likeness (QED) is 0.509. The SMILES string of the molecule is CCc1nc(N)[nH+]c(N)c1-c1ccc(Cl)cc1.CO.O=S1(=O)N=C([O-])c2ccccc21. The number of aryl methyl sites for hydroxylation is 1. The third-order valence-corrected chi connectivity index (χ3v) is 5.71. The number of sulfonamides is 1. The zero-order chi connectivity index (χ0) is 23.2. The van der Waals surface area contributed by atoms with Crippen LogP contribution in [0.4, 0.5) is 11.8 Å². The fraction of sp³-hybridized carbons (Fsp3) is 0.150. The summed E-state index contributed by atoms with van der Waals surface area (Å²) < 4.78 is 25.2. The Kier molecular flexibility index (Phi) is 7.92. The molecular formula is C20H22ClN5O4S. The van der Waals surface area contributed by atoms with Crippen LogP contribution in [0.15, 0.2) is 57.8 Å². The van der Waals surface area contributed by atoms with Gasteiger partial charge in [-0.25, -0.2) is 4.98 Å². The van der Waals surface area contributed by atoms with E-state index in [-0.39, 0.29) is 10.5 Å². The largest absolute Gasteiger partial charge is 0.858 e. The highest BCUT2D eigenvalue weighted by Gasteiger charge is 2.22. The summed E-state index contributed by atoms with van der Waals surface area (Å²) in [5.41, 5.74) is 14.5. The van der Waals surface area contributed by atoms with Crippen molar-refractivity contribution in [3.63, 3.8) is 0 Å². The molecule has 0 fully saturated rings. The smallest absolute Gasteiger partial charge is 0.342 e. The van der Waals surface area contributed by atoms with Crippen molar-refractivity contribution < 1.29 is 23.6 Å². The molecule has 1 aromatic heterocycles. The zero-order valence-electron chi connectivity index (χ0n) is 16.8. The fourth-order valence-corrected chi connectivity index (χ4v) is 4.08. The Labute approximate surface area is 185 Å². The predicted octanol–water partition coefficient (Wildman–Crippen LogP) is 1.05. The minimum Gasteiger partial charge on any atom is -0.858 e. The van der Waals surface area contributed by atoms with Gasteiger partial charge in [0.15, 0.2) is 0 Å². The van der Waals surface area contributed by atoms with E-state index in [2.05, 4.69) is 14.4 Å². The van der Waals surface area contributed by atoms with Gasteiger partial charge in [0, 0.05) is 23.6 Å². The van der Waals surface area contributed by atoms with Gasteiger partial charge in [0.2, 0.25) is 5.82 Å². The van der Waals surface area contributed by atoms with Crippen LogP contribution in [0.3, 0.4) is 0 Å². The molecule has 0 saturated heterocycles. The lowest BCUT2D eigenvalue weighted by Crippen LogP contribution is -2.20. The van der Waals surface area contributed by atoms with Crippen molar-refractivity contribution in [3.05, 3.63) is 64.8 Å². The van der Waals surface area contributed by atoms with Gasteiger partial charge < -0.3 is 21.7 Å². The molecule has 0 bridgehead atoms. The van der Waals surface area contributed by atoms with E-state index in [4.69, 9.17) is 28.2 Å². The molecule has 3 aromatic rings. The summed E-state index contributed by atoms with van der Waals surface area (Å²) in [6.07, 6.45) is 0.765. The topological polar surface area (TPSA) is 169 Å². The zero-order valence-corrected chi connectivity index (χ0v) is 18.4. The van der Waals surface area contributed by atoms with E-state index in [0.29, 0.717) is 16.8 Å². The van der Waals surface area contributed by atoms with E-state index < -0.39 is 15.9 Å². The van der Waals surface area contributed by atoms with Gasteiger partial charge in [0.1, 0.15) is 5.69 Å². The number of halogens is 1. The molecule has 0 saturated carbocycles. The maximum absolute atomic E-state index is 11.1. The second-order valence-corrected chi connectivity index (χ2v) is 8.09. The second kappa shape index (κ2) is 10.2. The van der Waals surface area contributed by atoms with Crippen LogP contribution >= 0.6 is 11.6 Å². The van der Waals surface area contributed by atoms with Crippen molar-refractivity contribution in [1.82, 2.24) is 4.98 Å². The molecule has 1 aliphatic rings. The number of nitrogen functional groups attached to an aromatic ring is 2. The van der Waals surface area contributed by atoms with Gasteiger partial charge in [-0.05, 0) is 30.2 Å². The Bertz CT molecular complexity index is 1200. The summed E-state index contributed by atoms with van der Waals surface area (Å²) >= 11 is 5.86. The van der Waals surface area contributed by atoms with E-state index in [1.807, 2.05) is 31.2 Å². The summed E-state index contributed by atoms with van der Waals surface area (Å²) in [6.45, 7) is 2.01. The van der Waals surface area contributed by atoms with Crippen LogP contribution in [0.5, 0.6) is 0 Å². The van der Waals surface area contributed by atoms with Crippen molar-refractivity contribution in [3.8, 4) is 11.1 Å². The Morgan fingerprint density at radius 2 is 1.71 bits per heavy atom. The molecule has 0 amide bonds. The first-order chi connectivity index (χ1) is 14.7. The van der Waals surface area contributed by atoms with Crippen LogP contribution in [-0.2, 0) is 16.4 Å². The molecule has 4 rings (SSSR count). The van der Waals surface area contributed by atoms with E-state index >= 15 is 0 Å².